The van der Waals surface area contributed by atoms with Gasteiger partial charge in [0, 0.05) is 19.7 Å². The number of aliphatic hydroxyl groups excluding tert-OH is 1. The van der Waals surface area contributed by atoms with Crippen molar-refractivity contribution >= 4 is 0 Å². The third kappa shape index (κ3) is 3.92. The molecule has 0 aliphatic carbocycles. The first kappa shape index (κ1) is 11.9. The molecule has 1 N–H and O–H groups in total. The molecule has 1 fully saturated rings. The van der Waals surface area contributed by atoms with E-state index in [-0.39, 0.29) is 6.61 Å². The fourth-order valence-electron chi connectivity index (χ4n) is 1.82. The Morgan fingerprint density at radius 3 is 2.93 bits per heavy atom. The molecule has 1 saturated heterocycles. The van der Waals surface area contributed by atoms with E-state index >= 15 is 0 Å². The summed E-state index contributed by atoms with van der Waals surface area (Å²) in [6.07, 6.45) is 2.32. The Bertz CT molecular complexity index is 143. The van der Waals surface area contributed by atoms with Gasteiger partial charge in [-0.05, 0) is 19.4 Å². The monoisotopic (exact) mass is 203 g/mol. The number of hydrogen-bond acceptors (Lipinski definition) is 4. The number of ether oxygens (including phenoxy) is 2. The van der Waals surface area contributed by atoms with Crippen molar-refractivity contribution in [2.24, 2.45) is 0 Å². The molecule has 84 valence electrons. The summed E-state index contributed by atoms with van der Waals surface area (Å²) in [7, 11) is 1.67. The molecule has 0 aromatic carbocycles. The molecule has 1 atom stereocenters. The van der Waals surface area contributed by atoms with Crippen LogP contribution in [0.5, 0.6) is 0 Å². The van der Waals surface area contributed by atoms with E-state index in [0.29, 0.717) is 19.3 Å². The van der Waals surface area contributed by atoms with Crippen molar-refractivity contribution in [2.75, 3.05) is 46.6 Å². The highest BCUT2D eigenvalue weighted by Crippen LogP contribution is 2.15. The van der Waals surface area contributed by atoms with Crippen molar-refractivity contribution in [3.05, 3.63) is 0 Å². The lowest BCUT2D eigenvalue weighted by Crippen LogP contribution is -2.35. The van der Waals surface area contributed by atoms with Gasteiger partial charge in [0.05, 0.1) is 26.4 Å². The molecule has 1 rings (SSSR count). The Hall–Kier alpha value is -0.160. The van der Waals surface area contributed by atoms with Gasteiger partial charge in [-0.3, -0.25) is 4.90 Å². The normalized spacial score (nSPS) is 23.1. The quantitative estimate of drug-likeness (QED) is 0.596. The van der Waals surface area contributed by atoms with Gasteiger partial charge in [-0.15, -0.1) is 0 Å². The highest BCUT2D eigenvalue weighted by molar-refractivity contribution is 4.77. The molecular formula is C10H21NO3. The van der Waals surface area contributed by atoms with Crippen molar-refractivity contribution in [2.45, 2.75) is 18.9 Å². The minimum absolute atomic E-state index is 0.276. The van der Waals surface area contributed by atoms with Crippen LogP contribution in [0.25, 0.3) is 0 Å². The van der Waals surface area contributed by atoms with E-state index in [4.69, 9.17) is 14.6 Å². The summed E-state index contributed by atoms with van der Waals surface area (Å²) in [5.74, 6) is 0. The second-order valence-corrected chi connectivity index (χ2v) is 3.62. The molecule has 0 amide bonds. The third-order valence-electron chi connectivity index (χ3n) is 2.66. The SMILES string of the molecule is COCCOCCN1CCCC1CO. The molecule has 14 heavy (non-hydrogen) atoms. The van der Waals surface area contributed by atoms with E-state index in [1.54, 1.807) is 7.11 Å². The molecule has 0 bridgehead atoms. The van der Waals surface area contributed by atoms with Crippen LogP contribution < -0.4 is 0 Å². The second-order valence-electron chi connectivity index (χ2n) is 3.62. The van der Waals surface area contributed by atoms with Crippen LogP contribution in [0.3, 0.4) is 0 Å². The topological polar surface area (TPSA) is 41.9 Å². The minimum atomic E-state index is 0.276. The largest absolute Gasteiger partial charge is 0.395 e. The van der Waals surface area contributed by atoms with Gasteiger partial charge in [-0.2, -0.15) is 0 Å². The van der Waals surface area contributed by atoms with Crippen molar-refractivity contribution < 1.29 is 14.6 Å². The molecule has 1 unspecified atom stereocenters. The molecule has 4 heteroatoms. The standard InChI is InChI=1S/C10H21NO3/c1-13-7-8-14-6-5-11-4-2-3-10(11)9-12/h10,12H,2-9H2,1H3. The number of hydrogen-bond donors (Lipinski definition) is 1. The summed E-state index contributed by atoms with van der Waals surface area (Å²) < 4.78 is 10.3. The van der Waals surface area contributed by atoms with Crippen LogP contribution in [0.15, 0.2) is 0 Å². The Morgan fingerprint density at radius 2 is 2.21 bits per heavy atom. The van der Waals surface area contributed by atoms with Crippen molar-refractivity contribution in [1.29, 1.82) is 0 Å². The Kier molecular flexibility index (Phi) is 6.10. The van der Waals surface area contributed by atoms with Crippen LogP contribution >= 0.6 is 0 Å². The highest BCUT2D eigenvalue weighted by atomic mass is 16.5. The summed E-state index contributed by atoms with van der Waals surface area (Å²) >= 11 is 0. The smallest absolute Gasteiger partial charge is 0.0700 e. The fraction of sp³-hybridized carbons (Fsp3) is 1.00. The Morgan fingerprint density at radius 1 is 1.36 bits per heavy atom. The lowest BCUT2D eigenvalue weighted by molar-refractivity contribution is 0.0501. The van der Waals surface area contributed by atoms with Crippen LogP contribution in [0, 0.1) is 0 Å². The molecule has 1 aliphatic heterocycles. The molecule has 0 aromatic rings. The van der Waals surface area contributed by atoms with E-state index in [1.165, 1.54) is 6.42 Å². The zero-order valence-electron chi connectivity index (χ0n) is 8.95. The lowest BCUT2D eigenvalue weighted by Gasteiger charge is -2.22. The fourth-order valence-corrected chi connectivity index (χ4v) is 1.82. The van der Waals surface area contributed by atoms with Crippen LogP contribution in [0.1, 0.15) is 12.8 Å². The lowest BCUT2D eigenvalue weighted by atomic mass is 10.2. The molecule has 4 nitrogen and oxygen atoms in total. The average molecular weight is 203 g/mol. The Balaban J connectivity index is 2.00. The number of methoxy groups -OCH3 is 1. The van der Waals surface area contributed by atoms with E-state index in [0.717, 1.165) is 26.1 Å². The predicted molar refractivity (Wildman–Crippen MR) is 54.4 cm³/mol. The maximum atomic E-state index is 9.07. The molecule has 1 heterocycles. The molecule has 0 saturated carbocycles. The van der Waals surface area contributed by atoms with Gasteiger partial charge in [-0.25, -0.2) is 0 Å². The molecule has 0 spiro atoms. The van der Waals surface area contributed by atoms with Gasteiger partial charge in [0.25, 0.3) is 0 Å². The summed E-state index contributed by atoms with van der Waals surface area (Å²) in [5.41, 5.74) is 0. The highest BCUT2D eigenvalue weighted by Gasteiger charge is 2.22. The zero-order valence-corrected chi connectivity index (χ0v) is 8.95. The van der Waals surface area contributed by atoms with E-state index in [9.17, 15) is 0 Å². The first-order valence-corrected chi connectivity index (χ1v) is 5.30. The second kappa shape index (κ2) is 7.17. The van der Waals surface area contributed by atoms with Crippen LogP contribution in [0.2, 0.25) is 0 Å². The zero-order chi connectivity index (χ0) is 10.2. The summed E-state index contributed by atoms with van der Waals surface area (Å²) in [6, 6.07) is 0.362. The average Bonchev–Trinajstić information content (AvgIpc) is 2.65. The summed E-state index contributed by atoms with van der Waals surface area (Å²) in [4.78, 5) is 2.30. The first-order valence-electron chi connectivity index (χ1n) is 5.30. The molecular weight excluding hydrogens is 182 g/mol. The van der Waals surface area contributed by atoms with Crippen molar-refractivity contribution in [3.8, 4) is 0 Å². The minimum Gasteiger partial charge on any atom is -0.395 e. The van der Waals surface area contributed by atoms with Gasteiger partial charge >= 0.3 is 0 Å². The number of nitrogens with zero attached hydrogens (tertiary/aromatic N) is 1. The van der Waals surface area contributed by atoms with Crippen molar-refractivity contribution in [3.63, 3.8) is 0 Å². The van der Waals surface area contributed by atoms with Crippen LogP contribution in [-0.4, -0.2) is 62.7 Å². The van der Waals surface area contributed by atoms with E-state index in [2.05, 4.69) is 4.90 Å². The van der Waals surface area contributed by atoms with Crippen molar-refractivity contribution in [1.82, 2.24) is 4.90 Å². The van der Waals surface area contributed by atoms with Gasteiger partial charge in [0.2, 0.25) is 0 Å². The summed E-state index contributed by atoms with van der Waals surface area (Å²) in [6.45, 7) is 4.35. The maximum absolute atomic E-state index is 9.07. The number of aliphatic hydroxyl groups is 1. The van der Waals surface area contributed by atoms with Gasteiger partial charge in [-0.1, -0.05) is 0 Å². The molecule has 1 aliphatic rings. The predicted octanol–water partition coefficient (Wildman–Crippen LogP) is 0.106. The summed E-state index contributed by atoms with van der Waals surface area (Å²) in [5, 5.41) is 9.07. The van der Waals surface area contributed by atoms with Crippen LogP contribution in [0.4, 0.5) is 0 Å². The number of rotatable bonds is 7. The van der Waals surface area contributed by atoms with Crippen LogP contribution in [-0.2, 0) is 9.47 Å². The molecule has 0 radical (unpaired) electrons. The Labute approximate surface area is 85.8 Å². The first-order chi connectivity index (χ1) is 6.88. The third-order valence-corrected chi connectivity index (χ3v) is 2.66. The van der Waals surface area contributed by atoms with E-state index in [1.807, 2.05) is 0 Å². The van der Waals surface area contributed by atoms with Gasteiger partial charge in [0.1, 0.15) is 0 Å². The molecule has 0 aromatic heterocycles. The van der Waals surface area contributed by atoms with Gasteiger partial charge < -0.3 is 14.6 Å². The maximum Gasteiger partial charge on any atom is 0.0700 e. The number of likely N-dealkylation sites (tertiary alicyclic amines) is 1. The van der Waals surface area contributed by atoms with E-state index < -0.39 is 0 Å². The van der Waals surface area contributed by atoms with Gasteiger partial charge in [0.15, 0.2) is 0 Å².